The first-order valence-electron chi connectivity index (χ1n) is 5.40. The quantitative estimate of drug-likeness (QED) is 0.630. The molecule has 0 unspecified atom stereocenters. The number of ether oxygens (including phenoxy) is 1. The highest BCUT2D eigenvalue weighted by Crippen LogP contribution is 2.22. The number of rotatable bonds is 4. The first-order valence-corrected chi connectivity index (χ1v) is 5.40. The van der Waals surface area contributed by atoms with Gasteiger partial charge in [0.25, 0.3) is 0 Å². The Hall–Kier alpha value is -2.48. The molecule has 19 heavy (non-hydrogen) atoms. The number of methoxy groups -OCH3 is 1. The Morgan fingerprint density at radius 2 is 1.89 bits per heavy atom. The fraction of sp³-hybridized carbons (Fsp3) is 0.182. The van der Waals surface area contributed by atoms with E-state index >= 15 is 0 Å². The maximum atomic E-state index is 12.9. The molecule has 0 fully saturated rings. The average molecular weight is 264 g/mol. The SMILES string of the molecule is COc1nc(NN)nc(N(C)c2ccc(F)cc2)n1. The molecular formula is C11H13FN6O. The molecule has 0 radical (unpaired) electrons. The third-order valence-corrected chi connectivity index (χ3v) is 2.43. The molecule has 0 aliphatic heterocycles. The Morgan fingerprint density at radius 3 is 2.47 bits per heavy atom. The van der Waals surface area contributed by atoms with Gasteiger partial charge >= 0.3 is 6.01 Å². The molecule has 0 bridgehead atoms. The van der Waals surface area contributed by atoms with Gasteiger partial charge in [0.05, 0.1) is 7.11 Å². The van der Waals surface area contributed by atoms with Gasteiger partial charge in [-0.2, -0.15) is 15.0 Å². The molecule has 0 saturated carbocycles. The van der Waals surface area contributed by atoms with Crippen LogP contribution in [0.1, 0.15) is 0 Å². The molecule has 8 heteroatoms. The lowest BCUT2D eigenvalue weighted by atomic mass is 10.3. The smallest absolute Gasteiger partial charge is 0.322 e. The predicted octanol–water partition coefficient (Wildman–Crippen LogP) is 1.07. The van der Waals surface area contributed by atoms with Crippen molar-refractivity contribution in [2.75, 3.05) is 24.5 Å². The minimum Gasteiger partial charge on any atom is -0.467 e. The predicted molar refractivity (Wildman–Crippen MR) is 68.7 cm³/mol. The zero-order chi connectivity index (χ0) is 13.8. The molecule has 0 amide bonds. The number of nitrogens with zero attached hydrogens (tertiary/aromatic N) is 4. The lowest BCUT2D eigenvalue weighted by molar-refractivity contribution is 0.379. The number of aromatic nitrogens is 3. The first kappa shape index (κ1) is 13.0. The summed E-state index contributed by atoms with van der Waals surface area (Å²) >= 11 is 0. The van der Waals surface area contributed by atoms with Crippen molar-refractivity contribution in [3.63, 3.8) is 0 Å². The van der Waals surface area contributed by atoms with Crippen LogP contribution in [0.25, 0.3) is 0 Å². The molecule has 1 aromatic heterocycles. The number of nitrogens with one attached hydrogen (secondary N) is 1. The van der Waals surface area contributed by atoms with Gasteiger partial charge in [0.1, 0.15) is 5.82 Å². The minimum absolute atomic E-state index is 0.131. The second kappa shape index (κ2) is 5.44. The van der Waals surface area contributed by atoms with Crippen LogP contribution in [0.5, 0.6) is 6.01 Å². The molecule has 0 spiro atoms. The molecule has 3 N–H and O–H groups in total. The summed E-state index contributed by atoms with van der Waals surface area (Å²) in [5.41, 5.74) is 3.05. The average Bonchev–Trinajstić information content (AvgIpc) is 2.46. The van der Waals surface area contributed by atoms with Gasteiger partial charge in [0.2, 0.25) is 11.9 Å². The minimum atomic E-state index is -0.310. The fourth-order valence-corrected chi connectivity index (χ4v) is 1.43. The van der Waals surface area contributed by atoms with Crippen molar-refractivity contribution in [3.05, 3.63) is 30.1 Å². The van der Waals surface area contributed by atoms with Gasteiger partial charge in [-0.3, -0.25) is 5.43 Å². The van der Waals surface area contributed by atoms with E-state index in [1.54, 1.807) is 24.1 Å². The summed E-state index contributed by atoms with van der Waals surface area (Å²) in [4.78, 5) is 13.7. The number of hydrogen-bond acceptors (Lipinski definition) is 7. The van der Waals surface area contributed by atoms with E-state index in [2.05, 4.69) is 20.4 Å². The van der Waals surface area contributed by atoms with Gasteiger partial charge in [0.15, 0.2) is 0 Å². The van der Waals surface area contributed by atoms with Crippen molar-refractivity contribution in [2.24, 2.45) is 5.84 Å². The largest absolute Gasteiger partial charge is 0.467 e. The summed E-state index contributed by atoms with van der Waals surface area (Å²) < 4.78 is 17.8. The Labute approximate surface area is 109 Å². The van der Waals surface area contributed by atoms with Gasteiger partial charge < -0.3 is 9.64 Å². The van der Waals surface area contributed by atoms with E-state index in [0.29, 0.717) is 5.95 Å². The number of hydrazine groups is 1. The maximum Gasteiger partial charge on any atom is 0.322 e. The van der Waals surface area contributed by atoms with E-state index in [0.717, 1.165) is 5.69 Å². The van der Waals surface area contributed by atoms with E-state index in [9.17, 15) is 4.39 Å². The van der Waals surface area contributed by atoms with Crippen molar-refractivity contribution >= 4 is 17.6 Å². The summed E-state index contributed by atoms with van der Waals surface area (Å²) in [6.45, 7) is 0. The van der Waals surface area contributed by atoms with E-state index in [1.807, 2.05) is 0 Å². The van der Waals surface area contributed by atoms with Gasteiger partial charge in [-0.05, 0) is 24.3 Å². The highest BCUT2D eigenvalue weighted by atomic mass is 19.1. The highest BCUT2D eigenvalue weighted by molar-refractivity contribution is 5.57. The lowest BCUT2D eigenvalue weighted by Crippen LogP contribution is -2.17. The third kappa shape index (κ3) is 2.86. The van der Waals surface area contributed by atoms with Crippen LogP contribution in [-0.2, 0) is 0 Å². The van der Waals surface area contributed by atoms with Crippen LogP contribution in [0.4, 0.5) is 22.0 Å². The fourth-order valence-electron chi connectivity index (χ4n) is 1.43. The van der Waals surface area contributed by atoms with E-state index in [-0.39, 0.29) is 17.8 Å². The Bertz CT molecular complexity index is 539. The van der Waals surface area contributed by atoms with Crippen LogP contribution in [0, 0.1) is 5.82 Å². The molecule has 7 nitrogen and oxygen atoms in total. The lowest BCUT2D eigenvalue weighted by Gasteiger charge is -2.17. The van der Waals surface area contributed by atoms with Crippen molar-refractivity contribution in [3.8, 4) is 6.01 Å². The topological polar surface area (TPSA) is 89.2 Å². The normalized spacial score (nSPS) is 10.1. The standard InChI is InChI=1S/C11H13FN6O/c1-18(8-5-3-7(12)4-6-8)10-14-9(17-13)15-11(16-10)19-2/h3-6H,13H2,1-2H3,(H,14,15,16,17). The molecule has 2 aromatic rings. The summed E-state index contributed by atoms with van der Waals surface area (Å²) in [6.07, 6.45) is 0. The zero-order valence-corrected chi connectivity index (χ0v) is 10.5. The number of anilines is 3. The Balaban J connectivity index is 2.37. The van der Waals surface area contributed by atoms with E-state index in [1.165, 1.54) is 19.2 Å². The van der Waals surface area contributed by atoms with Crippen LogP contribution in [0.15, 0.2) is 24.3 Å². The Morgan fingerprint density at radius 1 is 1.21 bits per heavy atom. The number of benzene rings is 1. The van der Waals surface area contributed by atoms with Gasteiger partial charge in [-0.25, -0.2) is 10.2 Å². The molecular weight excluding hydrogens is 251 g/mol. The van der Waals surface area contributed by atoms with Crippen LogP contribution in [0.2, 0.25) is 0 Å². The van der Waals surface area contributed by atoms with Crippen molar-refractivity contribution in [1.29, 1.82) is 0 Å². The number of nitrogens with two attached hydrogens (primary N) is 1. The van der Waals surface area contributed by atoms with Gasteiger partial charge in [0, 0.05) is 12.7 Å². The molecule has 0 aliphatic rings. The van der Waals surface area contributed by atoms with Crippen molar-refractivity contribution in [2.45, 2.75) is 0 Å². The second-order valence-electron chi connectivity index (χ2n) is 3.63. The van der Waals surface area contributed by atoms with Crippen LogP contribution in [0.3, 0.4) is 0 Å². The van der Waals surface area contributed by atoms with Crippen molar-refractivity contribution in [1.82, 2.24) is 15.0 Å². The molecule has 0 saturated heterocycles. The summed E-state index contributed by atoms with van der Waals surface area (Å²) in [6, 6.07) is 6.06. The monoisotopic (exact) mass is 264 g/mol. The number of halogens is 1. The molecule has 100 valence electrons. The number of hydrogen-bond donors (Lipinski definition) is 2. The second-order valence-corrected chi connectivity index (χ2v) is 3.63. The van der Waals surface area contributed by atoms with E-state index in [4.69, 9.17) is 10.6 Å². The summed E-state index contributed by atoms with van der Waals surface area (Å²) in [5.74, 6) is 5.47. The van der Waals surface area contributed by atoms with Crippen LogP contribution >= 0.6 is 0 Å². The van der Waals surface area contributed by atoms with Gasteiger partial charge in [-0.15, -0.1) is 0 Å². The highest BCUT2D eigenvalue weighted by Gasteiger charge is 2.11. The molecule has 0 atom stereocenters. The van der Waals surface area contributed by atoms with Crippen LogP contribution in [-0.4, -0.2) is 29.1 Å². The first-order chi connectivity index (χ1) is 9.13. The molecule has 1 heterocycles. The molecule has 0 aliphatic carbocycles. The van der Waals surface area contributed by atoms with Crippen LogP contribution < -0.4 is 20.9 Å². The summed E-state index contributed by atoms with van der Waals surface area (Å²) in [5, 5.41) is 0. The third-order valence-electron chi connectivity index (χ3n) is 2.43. The maximum absolute atomic E-state index is 12.9. The van der Waals surface area contributed by atoms with Gasteiger partial charge in [-0.1, -0.05) is 0 Å². The molecule has 1 aromatic carbocycles. The van der Waals surface area contributed by atoms with Crippen molar-refractivity contribution < 1.29 is 9.13 Å². The zero-order valence-electron chi connectivity index (χ0n) is 10.5. The Kier molecular flexibility index (Phi) is 3.71. The van der Waals surface area contributed by atoms with E-state index < -0.39 is 0 Å². The number of nitrogen functional groups attached to an aromatic ring is 1. The molecule has 2 rings (SSSR count). The summed E-state index contributed by atoms with van der Waals surface area (Å²) in [7, 11) is 3.18.